The summed E-state index contributed by atoms with van der Waals surface area (Å²) >= 11 is 0. The van der Waals surface area contributed by atoms with Gasteiger partial charge in [0.2, 0.25) is 0 Å². The molecule has 0 saturated carbocycles. The zero-order valence-electron chi connectivity index (χ0n) is 10.3. The number of carboxylic acids is 1. The predicted octanol–water partition coefficient (Wildman–Crippen LogP) is 2.70. The minimum Gasteiger partial charge on any atom is -0.480 e. The number of carbonyl (C=O) groups is 2. The van der Waals surface area contributed by atoms with Crippen LogP contribution in [0.25, 0.3) is 0 Å². The van der Waals surface area contributed by atoms with E-state index >= 15 is 0 Å². The van der Waals surface area contributed by atoms with Crippen molar-refractivity contribution in [3.8, 4) is 0 Å². The SMILES string of the molecule is O=CCCCCCC(Nc1ccccc1)C(=O)O. The van der Waals surface area contributed by atoms with Crippen LogP contribution < -0.4 is 5.32 Å². The first-order valence-electron chi connectivity index (χ1n) is 6.22. The van der Waals surface area contributed by atoms with Crippen molar-refractivity contribution >= 4 is 17.9 Å². The smallest absolute Gasteiger partial charge is 0.326 e. The normalized spacial score (nSPS) is 11.8. The standard InChI is InChI=1S/C14H19NO3/c16-11-7-2-1-6-10-13(14(17)18)15-12-8-4-3-5-9-12/h3-5,8-9,11,13,15H,1-2,6-7,10H2,(H,17,18). The number of rotatable bonds is 9. The topological polar surface area (TPSA) is 66.4 Å². The van der Waals surface area contributed by atoms with E-state index in [1.807, 2.05) is 30.3 Å². The Labute approximate surface area is 107 Å². The van der Waals surface area contributed by atoms with E-state index in [-0.39, 0.29) is 0 Å². The number of benzene rings is 1. The summed E-state index contributed by atoms with van der Waals surface area (Å²) in [6.45, 7) is 0. The third-order valence-electron chi connectivity index (χ3n) is 2.73. The third kappa shape index (κ3) is 5.48. The van der Waals surface area contributed by atoms with E-state index in [1.54, 1.807) is 0 Å². The molecule has 1 aromatic carbocycles. The summed E-state index contributed by atoms with van der Waals surface area (Å²) in [6, 6.07) is 8.76. The van der Waals surface area contributed by atoms with Gasteiger partial charge >= 0.3 is 5.97 Å². The number of hydrogen-bond acceptors (Lipinski definition) is 3. The summed E-state index contributed by atoms with van der Waals surface area (Å²) in [7, 11) is 0. The molecule has 0 aliphatic heterocycles. The van der Waals surface area contributed by atoms with Gasteiger partial charge in [0.15, 0.2) is 0 Å². The highest BCUT2D eigenvalue weighted by molar-refractivity contribution is 5.77. The lowest BCUT2D eigenvalue weighted by molar-refractivity contribution is -0.138. The van der Waals surface area contributed by atoms with Gasteiger partial charge in [0.05, 0.1) is 0 Å². The first-order chi connectivity index (χ1) is 8.74. The second-order valence-electron chi connectivity index (χ2n) is 4.21. The van der Waals surface area contributed by atoms with E-state index in [2.05, 4.69) is 5.32 Å². The minimum atomic E-state index is -0.839. The molecular formula is C14H19NO3. The van der Waals surface area contributed by atoms with E-state index in [0.717, 1.165) is 31.2 Å². The van der Waals surface area contributed by atoms with Crippen LogP contribution in [0.1, 0.15) is 32.1 Å². The third-order valence-corrected chi connectivity index (χ3v) is 2.73. The zero-order valence-corrected chi connectivity index (χ0v) is 10.3. The van der Waals surface area contributed by atoms with Gasteiger partial charge in [0.1, 0.15) is 12.3 Å². The van der Waals surface area contributed by atoms with Gasteiger partial charge in [-0.1, -0.05) is 31.0 Å². The van der Waals surface area contributed by atoms with Crippen molar-refractivity contribution in [1.29, 1.82) is 0 Å². The fourth-order valence-corrected chi connectivity index (χ4v) is 1.75. The van der Waals surface area contributed by atoms with Crippen LogP contribution in [-0.4, -0.2) is 23.4 Å². The predicted molar refractivity (Wildman–Crippen MR) is 70.6 cm³/mol. The van der Waals surface area contributed by atoms with Gasteiger partial charge in [0.25, 0.3) is 0 Å². The van der Waals surface area contributed by atoms with Crippen LogP contribution >= 0.6 is 0 Å². The van der Waals surface area contributed by atoms with Crippen molar-refractivity contribution in [2.75, 3.05) is 5.32 Å². The molecule has 1 atom stereocenters. The largest absolute Gasteiger partial charge is 0.480 e. The molecule has 4 heteroatoms. The first-order valence-corrected chi connectivity index (χ1v) is 6.22. The summed E-state index contributed by atoms with van der Waals surface area (Å²) in [6.07, 6.45) is 4.56. The van der Waals surface area contributed by atoms with E-state index < -0.39 is 12.0 Å². The number of para-hydroxylation sites is 1. The molecule has 1 unspecified atom stereocenters. The van der Waals surface area contributed by atoms with Crippen LogP contribution in [0, 0.1) is 0 Å². The summed E-state index contributed by atoms with van der Waals surface area (Å²) in [5, 5.41) is 12.1. The Bertz CT molecular complexity index is 365. The Hall–Kier alpha value is -1.84. The monoisotopic (exact) mass is 249 g/mol. The molecule has 0 saturated heterocycles. The summed E-state index contributed by atoms with van der Waals surface area (Å²) in [4.78, 5) is 21.2. The first kappa shape index (κ1) is 14.2. The molecule has 18 heavy (non-hydrogen) atoms. The van der Waals surface area contributed by atoms with E-state index in [0.29, 0.717) is 12.8 Å². The zero-order chi connectivity index (χ0) is 13.2. The second kappa shape index (κ2) is 8.28. The van der Waals surface area contributed by atoms with Gasteiger partial charge < -0.3 is 15.2 Å². The number of anilines is 1. The lowest BCUT2D eigenvalue weighted by Gasteiger charge is -2.15. The highest BCUT2D eigenvalue weighted by atomic mass is 16.4. The maximum Gasteiger partial charge on any atom is 0.326 e. The number of carboxylic acid groups (broad SMARTS) is 1. The maximum atomic E-state index is 11.1. The van der Waals surface area contributed by atoms with Crippen molar-refractivity contribution < 1.29 is 14.7 Å². The lowest BCUT2D eigenvalue weighted by atomic mass is 10.1. The Morgan fingerprint density at radius 3 is 2.56 bits per heavy atom. The quantitative estimate of drug-likeness (QED) is 0.521. The molecule has 0 bridgehead atoms. The Morgan fingerprint density at radius 2 is 1.94 bits per heavy atom. The van der Waals surface area contributed by atoms with Gasteiger partial charge in [-0.15, -0.1) is 0 Å². The molecule has 0 radical (unpaired) electrons. The summed E-state index contributed by atoms with van der Waals surface area (Å²) in [5.74, 6) is -0.839. The van der Waals surface area contributed by atoms with Gasteiger partial charge in [-0.05, 0) is 25.0 Å². The highest BCUT2D eigenvalue weighted by Gasteiger charge is 2.16. The number of aliphatic carboxylic acids is 1. The van der Waals surface area contributed by atoms with Crippen LogP contribution in [0.15, 0.2) is 30.3 Å². The van der Waals surface area contributed by atoms with E-state index in [1.165, 1.54) is 0 Å². The van der Waals surface area contributed by atoms with Crippen LogP contribution in [0.2, 0.25) is 0 Å². The molecule has 0 aliphatic rings. The maximum absolute atomic E-state index is 11.1. The Balaban J connectivity index is 2.36. The molecule has 0 aromatic heterocycles. The number of aldehydes is 1. The number of nitrogens with one attached hydrogen (secondary N) is 1. The van der Waals surface area contributed by atoms with Crippen molar-refractivity contribution in [2.45, 2.75) is 38.1 Å². The molecule has 0 fully saturated rings. The van der Waals surface area contributed by atoms with Crippen LogP contribution in [0.3, 0.4) is 0 Å². The van der Waals surface area contributed by atoms with Gasteiger partial charge in [-0.3, -0.25) is 0 Å². The fourth-order valence-electron chi connectivity index (χ4n) is 1.75. The molecule has 2 N–H and O–H groups in total. The van der Waals surface area contributed by atoms with Crippen molar-refractivity contribution in [3.05, 3.63) is 30.3 Å². The van der Waals surface area contributed by atoms with Crippen LogP contribution in [0.5, 0.6) is 0 Å². The second-order valence-corrected chi connectivity index (χ2v) is 4.21. The number of carbonyl (C=O) groups excluding carboxylic acids is 1. The molecule has 0 amide bonds. The van der Waals surface area contributed by atoms with Gasteiger partial charge in [-0.2, -0.15) is 0 Å². The summed E-state index contributed by atoms with van der Waals surface area (Å²) in [5.41, 5.74) is 0.817. The van der Waals surface area contributed by atoms with E-state index in [9.17, 15) is 9.59 Å². The Morgan fingerprint density at radius 1 is 1.22 bits per heavy atom. The molecule has 1 aromatic rings. The van der Waals surface area contributed by atoms with Crippen molar-refractivity contribution in [3.63, 3.8) is 0 Å². The van der Waals surface area contributed by atoms with Crippen molar-refractivity contribution in [2.24, 2.45) is 0 Å². The van der Waals surface area contributed by atoms with Gasteiger partial charge in [0, 0.05) is 12.1 Å². The molecule has 0 spiro atoms. The summed E-state index contributed by atoms with van der Waals surface area (Å²) < 4.78 is 0. The van der Waals surface area contributed by atoms with E-state index in [4.69, 9.17) is 5.11 Å². The fraction of sp³-hybridized carbons (Fsp3) is 0.429. The minimum absolute atomic E-state index is 0.559. The lowest BCUT2D eigenvalue weighted by Crippen LogP contribution is -2.29. The average molecular weight is 249 g/mol. The molecule has 0 heterocycles. The average Bonchev–Trinajstić information content (AvgIpc) is 2.38. The molecular weight excluding hydrogens is 230 g/mol. The molecule has 4 nitrogen and oxygen atoms in total. The molecule has 1 rings (SSSR count). The number of unbranched alkanes of at least 4 members (excludes halogenated alkanes) is 3. The molecule has 98 valence electrons. The highest BCUT2D eigenvalue weighted by Crippen LogP contribution is 2.12. The number of hydrogen-bond donors (Lipinski definition) is 2. The van der Waals surface area contributed by atoms with Crippen LogP contribution in [-0.2, 0) is 9.59 Å². The van der Waals surface area contributed by atoms with Gasteiger partial charge in [-0.25, -0.2) is 4.79 Å². The van der Waals surface area contributed by atoms with Crippen molar-refractivity contribution in [1.82, 2.24) is 0 Å². The molecule has 0 aliphatic carbocycles. The van der Waals surface area contributed by atoms with Crippen LogP contribution in [0.4, 0.5) is 5.69 Å². The Kier molecular flexibility index (Phi) is 6.54.